The van der Waals surface area contributed by atoms with Crippen LogP contribution in [0.15, 0.2) is 132 Å². The highest BCUT2D eigenvalue weighted by molar-refractivity contribution is 8.13. The zero-order valence-electron chi connectivity index (χ0n) is 24.2. The van der Waals surface area contributed by atoms with Crippen LogP contribution in [-0.2, 0) is 18.8 Å². The van der Waals surface area contributed by atoms with Crippen molar-refractivity contribution >= 4 is 34.2 Å². The van der Waals surface area contributed by atoms with Crippen molar-refractivity contribution in [1.29, 1.82) is 0 Å². The van der Waals surface area contributed by atoms with Gasteiger partial charge in [0.25, 0.3) is 0 Å². The molecule has 0 aliphatic carbocycles. The van der Waals surface area contributed by atoms with Gasteiger partial charge in [0.2, 0.25) is 0 Å². The van der Waals surface area contributed by atoms with Crippen molar-refractivity contribution in [2.24, 2.45) is 4.99 Å². The van der Waals surface area contributed by atoms with Crippen LogP contribution in [0.4, 0.5) is 5.69 Å². The predicted octanol–water partition coefficient (Wildman–Crippen LogP) is 9.77. The van der Waals surface area contributed by atoms with E-state index in [9.17, 15) is 0 Å². The summed E-state index contributed by atoms with van der Waals surface area (Å²) in [6, 6.07) is 41.9. The van der Waals surface area contributed by atoms with E-state index in [2.05, 4.69) is 53.4 Å². The highest BCUT2D eigenvalue weighted by Crippen LogP contribution is 2.36. The topological polar surface area (TPSA) is 43.3 Å². The average molecular weight is 609 g/mol. The fraction of sp³-hybridized carbons (Fsp3) is 0.139. The molecule has 5 aromatic carbocycles. The molecule has 0 saturated heterocycles. The first-order chi connectivity index (χ1) is 21.1. The lowest BCUT2D eigenvalue weighted by molar-refractivity contribution is 0.405. The van der Waals surface area contributed by atoms with Crippen LogP contribution in [0.5, 0.6) is 23.0 Å². The summed E-state index contributed by atoms with van der Waals surface area (Å²) in [5.74, 6) is 3.74. The number of benzene rings is 5. The number of methoxy groups -OCH3 is 2. The highest BCUT2D eigenvalue weighted by Gasteiger charge is 2.17. The number of thioether (sulfide) groups is 1. The van der Waals surface area contributed by atoms with Crippen LogP contribution < -0.4 is 14.2 Å². The number of hydrogen-bond acceptors (Lipinski definition) is 5. The van der Waals surface area contributed by atoms with Crippen molar-refractivity contribution in [1.82, 2.24) is 4.90 Å². The molecule has 7 heteroatoms. The van der Waals surface area contributed by atoms with E-state index in [4.69, 9.17) is 30.8 Å². The number of amidine groups is 1. The maximum Gasteiger partial charge on any atom is 0.165 e. The van der Waals surface area contributed by atoms with Crippen molar-refractivity contribution in [3.8, 4) is 23.0 Å². The van der Waals surface area contributed by atoms with E-state index >= 15 is 0 Å². The van der Waals surface area contributed by atoms with Gasteiger partial charge in [-0.3, -0.25) is 0 Å². The van der Waals surface area contributed by atoms with Gasteiger partial charge in [0.15, 0.2) is 10.9 Å². The minimum atomic E-state index is 0.587. The monoisotopic (exact) mass is 608 g/mol. The molecule has 0 N–H and O–H groups in total. The van der Waals surface area contributed by atoms with Gasteiger partial charge in [0, 0.05) is 23.9 Å². The van der Waals surface area contributed by atoms with Gasteiger partial charge in [-0.25, -0.2) is 4.99 Å². The van der Waals surface area contributed by atoms with Gasteiger partial charge >= 0.3 is 0 Å². The molecule has 5 rings (SSSR count). The van der Waals surface area contributed by atoms with E-state index in [1.807, 2.05) is 78.9 Å². The summed E-state index contributed by atoms with van der Waals surface area (Å²) in [7, 11) is 3.35. The van der Waals surface area contributed by atoms with Crippen LogP contribution in [0, 0.1) is 0 Å². The third kappa shape index (κ3) is 8.80. The number of aliphatic imine (C=N–C) groups is 1. The predicted molar refractivity (Wildman–Crippen MR) is 178 cm³/mol. The second-order valence-electron chi connectivity index (χ2n) is 9.75. The SMILES string of the molecule is COc1ccc(CN(Cc2ccc(OC)cc2)C(=Nc2cc(Cl)ccc2Oc2ccccc2)SCc2ccccc2)cc1. The first-order valence-electron chi connectivity index (χ1n) is 13.9. The summed E-state index contributed by atoms with van der Waals surface area (Å²) in [6.07, 6.45) is 0. The molecule has 0 fully saturated rings. The standard InChI is InChI=1S/C36H33ClN2O3S/c1-40-31-18-13-27(14-19-31)24-39(25-28-15-20-32(41-2)21-16-28)36(43-26-29-9-5-3-6-10-29)38-34-23-30(37)17-22-35(34)42-33-11-7-4-8-12-33/h3-23H,24-26H2,1-2H3. The molecule has 0 aromatic heterocycles. The fourth-order valence-electron chi connectivity index (χ4n) is 4.39. The van der Waals surface area contributed by atoms with Crippen LogP contribution in [0.3, 0.4) is 0 Å². The lowest BCUT2D eigenvalue weighted by atomic mass is 10.1. The Hall–Kier alpha value is -4.39. The zero-order chi connectivity index (χ0) is 29.9. The number of para-hydroxylation sites is 1. The maximum atomic E-state index is 6.50. The Bertz CT molecular complexity index is 1560. The molecule has 0 aliphatic rings. The second kappa shape index (κ2) is 15.2. The molecule has 5 nitrogen and oxygen atoms in total. The number of hydrogen-bond donors (Lipinski definition) is 0. The lowest BCUT2D eigenvalue weighted by Crippen LogP contribution is -2.28. The van der Waals surface area contributed by atoms with Gasteiger partial charge in [-0.2, -0.15) is 0 Å². The van der Waals surface area contributed by atoms with Crippen molar-refractivity contribution in [3.05, 3.63) is 149 Å². The van der Waals surface area contributed by atoms with Gasteiger partial charge in [0.05, 0.1) is 14.2 Å². The van der Waals surface area contributed by atoms with Gasteiger partial charge in [-0.05, 0) is 71.3 Å². The molecule has 43 heavy (non-hydrogen) atoms. The Balaban J connectivity index is 1.56. The van der Waals surface area contributed by atoms with Gasteiger partial charge in [-0.15, -0.1) is 0 Å². The second-order valence-corrected chi connectivity index (χ2v) is 11.1. The molecule has 5 aromatic rings. The van der Waals surface area contributed by atoms with E-state index in [0.717, 1.165) is 39.3 Å². The Morgan fingerprint density at radius 2 is 1.21 bits per heavy atom. The largest absolute Gasteiger partial charge is 0.497 e. The molecule has 0 aliphatic heterocycles. The number of rotatable bonds is 11. The van der Waals surface area contributed by atoms with E-state index < -0.39 is 0 Å². The van der Waals surface area contributed by atoms with Crippen LogP contribution in [0.2, 0.25) is 5.02 Å². The molecule has 0 unspecified atom stereocenters. The van der Waals surface area contributed by atoms with E-state index in [0.29, 0.717) is 29.5 Å². The van der Waals surface area contributed by atoms with Crippen LogP contribution in [0.1, 0.15) is 16.7 Å². The normalized spacial score (nSPS) is 11.2. The first kappa shape index (κ1) is 30.1. The summed E-state index contributed by atoms with van der Waals surface area (Å²) in [5, 5.41) is 1.43. The van der Waals surface area contributed by atoms with Crippen LogP contribution in [0.25, 0.3) is 0 Å². The average Bonchev–Trinajstić information content (AvgIpc) is 3.05. The van der Waals surface area contributed by atoms with Crippen molar-refractivity contribution in [2.75, 3.05) is 14.2 Å². The number of halogens is 1. The Morgan fingerprint density at radius 3 is 1.77 bits per heavy atom. The van der Waals surface area contributed by atoms with E-state index in [1.165, 1.54) is 5.56 Å². The lowest BCUT2D eigenvalue weighted by Gasteiger charge is -2.27. The molecular weight excluding hydrogens is 576 g/mol. The molecule has 0 spiro atoms. The van der Waals surface area contributed by atoms with Crippen molar-refractivity contribution < 1.29 is 14.2 Å². The van der Waals surface area contributed by atoms with Gasteiger partial charge in [-0.1, -0.05) is 96.2 Å². The Morgan fingerprint density at radius 1 is 0.651 bits per heavy atom. The molecule has 0 atom stereocenters. The van der Waals surface area contributed by atoms with Gasteiger partial charge in [0.1, 0.15) is 22.9 Å². The maximum absolute atomic E-state index is 6.50. The molecule has 0 heterocycles. The number of nitrogens with zero attached hydrogens (tertiary/aromatic N) is 2. The molecule has 0 saturated carbocycles. The summed E-state index contributed by atoms with van der Waals surface area (Å²) in [4.78, 5) is 7.52. The zero-order valence-corrected chi connectivity index (χ0v) is 25.7. The molecule has 0 bridgehead atoms. The Kier molecular flexibility index (Phi) is 10.6. The van der Waals surface area contributed by atoms with Gasteiger partial charge < -0.3 is 19.1 Å². The van der Waals surface area contributed by atoms with Crippen molar-refractivity contribution in [2.45, 2.75) is 18.8 Å². The molecular formula is C36H33ClN2O3S. The third-order valence-corrected chi connectivity index (χ3v) is 7.97. The summed E-state index contributed by atoms with van der Waals surface area (Å²) in [5.41, 5.74) is 4.13. The molecule has 0 radical (unpaired) electrons. The van der Waals surface area contributed by atoms with Crippen LogP contribution >= 0.6 is 23.4 Å². The molecule has 0 amide bonds. The third-order valence-electron chi connectivity index (χ3n) is 6.65. The quantitative estimate of drug-likeness (QED) is 0.110. The highest BCUT2D eigenvalue weighted by atomic mass is 35.5. The Labute approximate surface area is 262 Å². The van der Waals surface area contributed by atoms with E-state index in [-0.39, 0.29) is 0 Å². The van der Waals surface area contributed by atoms with Crippen LogP contribution in [-0.4, -0.2) is 24.3 Å². The summed E-state index contributed by atoms with van der Waals surface area (Å²) < 4.78 is 17.1. The first-order valence-corrected chi connectivity index (χ1v) is 15.2. The van der Waals surface area contributed by atoms with Crippen molar-refractivity contribution in [3.63, 3.8) is 0 Å². The number of ether oxygens (including phenoxy) is 3. The fourth-order valence-corrected chi connectivity index (χ4v) is 5.52. The minimum Gasteiger partial charge on any atom is -0.497 e. The smallest absolute Gasteiger partial charge is 0.165 e. The molecule has 218 valence electrons. The minimum absolute atomic E-state index is 0.587. The summed E-state index contributed by atoms with van der Waals surface area (Å²) in [6.45, 7) is 1.26. The summed E-state index contributed by atoms with van der Waals surface area (Å²) >= 11 is 8.18. The van der Waals surface area contributed by atoms with E-state index in [1.54, 1.807) is 26.0 Å².